The highest BCUT2D eigenvalue weighted by Gasteiger charge is 2.25. The van der Waals surface area contributed by atoms with Crippen molar-refractivity contribution in [3.05, 3.63) is 0 Å². The molecule has 1 heterocycles. The molecule has 0 aliphatic carbocycles. The highest BCUT2D eigenvalue weighted by Crippen LogP contribution is 2.12. The first-order chi connectivity index (χ1) is 8.76. The molecular formula is C10H23N3O4S2. The van der Waals surface area contributed by atoms with Crippen LogP contribution in [0, 0.1) is 5.92 Å². The summed E-state index contributed by atoms with van der Waals surface area (Å²) >= 11 is 0. The van der Waals surface area contributed by atoms with Crippen molar-refractivity contribution < 1.29 is 16.8 Å². The lowest BCUT2D eigenvalue weighted by atomic mass is 9.96. The Morgan fingerprint density at radius 1 is 1.21 bits per heavy atom. The SMILES string of the molecule is CCS(=O)(=O)NCCS(=O)(=O)NC1CNCCC1C. The van der Waals surface area contributed by atoms with Crippen LogP contribution in [0.5, 0.6) is 0 Å². The maximum atomic E-state index is 11.8. The predicted octanol–water partition coefficient (Wildman–Crippen LogP) is -1.16. The van der Waals surface area contributed by atoms with Gasteiger partial charge in [-0.2, -0.15) is 0 Å². The van der Waals surface area contributed by atoms with Crippen LogP contribution in [-0.2, 0) is 20.0 Å². The van der Waals surface area contributed by atoms with Crippen molar-refractivity contribution in [1.82, 2.24) is 14.8 Å². The Kier molecular flexibility index (Phi) is 6.18. The third-order valence-corrected chi connectivity index (χ3v) is 6.04. The lowest BCUT2D eigenvalue weighted by molar-refractivity contribution is 0.327. The minimum Gasteiger partial charge on any atom is -0.315 e. The first-order valence-electron chi connectivity index (χ1n) is 6.44. The summed E-state index contributed by atoms with van der Waals surface area (Å²) in [6.07, 6.45) is 0.926. The van der Waals surface area contributed by atoms with E-state index in [1.165, 1.54) is 6.92 Å². The van der Waals surface area contributed by atoms with Crippen LogP contribution in [-0.4, -0.2) is 54.0 Å². The summed E-state index contributed by atoms with van der Waals surface area (Å²) in [6.45, 7) is 4.93. The minimum absolute atomic E-state index is 0.0515. The second-order valence-corrected chi connectivity index (χ2v) is 8.78. The van der Waals surface area contributed by atoms with E-state index in [4.69, 9.17) is 0 Å². The second-order valence-electron chi connectivity index (χ2n) is 4.81. The fraction of sp³-hybridized carbons (Fsp3) is 1.00. The molecular weight excluding hydrogens is 290 g/mol. The third kappa shape index (κ3) is 6.17. The van der Waals surface area contributed by atoms with E-state index in [1.54, 1.807) is 0 Å². The van der Waals surface area contributed by atoms with Crippen LogP contribution in [0.25, 0.3) is 0 Å². The molecule has 1 fully saturated rings. The molecule has 0 aromatic carbocycles. The van der Waals surface area contributed by atoms with E-state index < -0.39 is 20.0 Å². The molecule has 1 rings (SSSR count). The van der Waals surface area contributed by atoms with Gasteiger partial charge in [0.1, 0.15) is 0 Å². The Balaban J connectivity index is 2.43. The summed E-state index contributed by atoms with van der Waals surface area (Å²) in [5.41, 5.74) is 0. The molecule has 0 radical (unpaired) electrons. The molecule has 19 heavy (non-hydrogen) atoms. The van der Waals surface area contributed by atoms with Gasteiger partial charge in [-0.3, -0.25) is 0 Å². The van der Waals surface area contributed by atoms with Crippen LogP contribution >= 0.6 is 0 Å². The topological polar surface area (TPSA) is 104 Å². The van der Waals surface area contributed by atoms with Crippen molar-refractivity contribution >= 4 is 20.0 Å². The molecule has 1 aliphatic rings. The largest absolute Gasteiger partial charge is 0.315 e. The molecule has 0 bridgehead atoms. The van der Waals surface area contributed by atoms with Gasteiger partial charge in [0.15, 0.2) is 0 Å². The summed E-state index contributed by atoms with van der Waals surface area (Å²) in [6, 6.07) is -0.124. The summed E-state index contributed by atoms with van der Waals surface area (Å²) in [5, 5.41) is 3.14. The fourth-order valence-corrected chi connectivity index (χ4v) is 3.88. The van der Waals surface area contributed by atoms with Gasteiger partial charge in [-0.05, 0) is 25.8 Å². The smallest absolute Gasteiger partial charge is 0.213 e. The Labute approximate surface area is 115 Å². The van der Waals surface area contributed by atoms with Crippen LogP contribution in [0.3, 0.4) is 0 Å². The molecule has 7 nitrogen and oxygen atoms in total. The Hall–Kier alpha value is -0.220. The van der Waals surface area contributed by atoms with Gasteiger partial charge in [-0.25, -0.2) is 26.3 Å². The average molecular weight is 313 g/mol. The molecule has 0 aromatic rings. The standard InChI is InChI=1S/C10H23N3O4S2/c1-3-18(14,15)12-6-7-19(16,17)13-10-8-11-5-4-9(10)2/h9-13H,3-8H2,1-2H3. The summed E-state index contributed by atoms with van der Waals surface area (Å²) < 4.78 is 50.9. The number of hydrogen-bond donors (Lipinski definition) is 3. The van der Waals surface area contributed by atoms with E-state index in [0.29, 0.717) is 6.54 Å². The molecule has 2 unspecified atom stereocenters. The molecule has 1 saturated heterocycles. The predicted molar refractivity (Wildman–Crippen MR) is 74.8 cm³/mol. The minimum atomic E-state index is -3.46. The summed E-state index contributed by atoms with van der Waals surface area (Å²) in [4.78, 5) is 0. The number of piperidine rings is 1. The van der Waals surface area contributed by atoms with Crippen molar-refractivity contribution in [3.63, 3.8) is 0 Å². The molecule has 9 heteroatoms. The van der Waals surface area contributed by atoms with E-state index >= 15 is 0 Å². The number of hydrogen-bond acceptors (Lipinski definition) is 5. The normalized spacial score (nSPS) is 25.4. The maximum absolute atomic E-state index is 11.8. The monoisotopic (exact) mass is 313 g/mol. The van der Waals surface area contributed by atoms with E-state index in [2.05, 4.69) is 14.8 Å². The van der Waals surface area contributed by atoms with Crippen LogP contribution < -0.4 is 14.8 Å². The third-order valence-electron chi connectivity index (χ3n) is 3.23. The van der Waals surface area contributed by atoms with Crippen molar-refractivity contribution in [2.24, 2.45) is 5.92 Å². The number of rotatable bonds is 7. The molecule has 2 atom stereocenters. The molecule has 114 valence electrons. The van der Waals surface area contributed by atoms with Gasteiger partial charge in [0.05, 0.1) is 11.5 Å². The van der Waals surface area contributed by atoms with Crippen LogP contribution in [0.2, 0.25) is 0 Å². The highest BCUT2D eigenvalue weighted by atomic mass is 32.2. The van der Waals surface area contributed by atoms with Gasteiger partial charge >= 0.3 is 0 Å². The van der Waals surface area contributed by atoms with Crippen LogP contribution in [0.15, 0.2) is 0 Å². The van der Waals surface area contributed by atoms with Crippen molar-refractivity contribution in [2.45, 2.75) is 26.3 Å². The fourth-order valence-electron chi connectivity index (χ4n) is 1.87. The summed E-state index contributed by atoms with van der Waals surface area (Å²) in [5.74, 6) is -0.0113. The first-order valence-corrected chi connectivity index (χ1v) is 9.74. The number of nitrogens with one attached hydrogen (secondary N) is 3. The van der Waals surface area contributed by atoms with Crippen LogP contribution in [0.4, 0.5) is 0 Å². The summed E-state index contributed by atoms with van der Waals surface area (Å²) in [7, 11) is -6.80. The van der Waals surface area contributed by atoms with Crippen molar-refractivity contribution in [2.75, 3.05) is 31.1 Å². The lowest BCUT2D eigenvalue weighted by Crippen LogP contribution is -2.51. The van der Waals surface area contributed by atoms with Gasteiger partial charge in [-0.1, -0.05) is 6.92 Å². The van der Waals surface area contributed by atoms with Crippen molar-refractivity contribution in [3.8, 4) is 0 Å². The van der Waals surface area contributed by atoms with E-state index in [0.717, 1.165) is 13.0 Å². The highest BCUT2D eigenvalue weighted by molar-refractivity contribution is 7.90. The lowest BCUT2D eigenvalue weighted by Gasteiger charge is -2.29. The Morgan fingerprint density at radius 3 is 2.47 bits per heavy atom. The Bertz CT molecular complexity index is 475. The Morgan fingerprint density at radius 2 is 1.89 bits per heavy atom. The van der Waals surface area contributed by atoms with Crippen LogP contribution in [0.1, 0.15) is 20.3 Å². The van der Waals surface area contributed by atoms with Gasteiger partial charge in [0.25, 0.3) is 0 Å². The average Bonchev–Trinajstić information content (AvgIpc) is 2.31. The van der Waals surface area contributed by atoms with E-state index in [9.17, 15) is 16.8 Å². The zero-order chi connectivity index (χ0) is 14.5. The zero-order valence-corrected chi connectivity index (χ0v) is 13.0. The van der Waals surface area contributed by atoms with Crippen molar-refractivity contribution in [1.29, 1.82) is 0 Å². The molecule has 1 aliphatic heterocycles. The molecule has 0 saturated carbocycles. The maximum Gasteiger partial charge on any atom is 0.213 e. The van der Waals surface area contributed by atoms with E-state index in [1.807, 2.05) is 6.92 Å². The molecule has 0 spiro atoms. The molecule has 3 N–H and O–H groups in total. The van der Waals surface area contributed by atoms with Gasteiger partial charge in [0.2, 0.25) is 20.0 Å². The first kappa shape index (κ1) is 16.8. The molecule has 0 aromatic heterocycles. The quantitative estimate of drug-likeness (QED) is 0.550. The van der Waals surface area contributed by atoms with Gasteiger partial charge < -0.3 is 5.32 Å². The second kappa shape index (κ2) is 6.98. The van der Waals surface area contributed by atoms with E-state index in [-0.39, 0.29) is 30.0 Å². The molecule has 0 amide bonds. The number of sulfonamides is 2. The van der Waals surface area contributed by atoms with Gasteiger partial charge in [0, 0.05) is 19.1 Å². The zero-order valence-electron chi connectivity index (χ0n) is 11.3. The van der Waals surface area contributed by atoms with Gasteiger partial charge in [-0.15, -0.1) is 0 Å².